The molecule has 0 spiro atoms. The maximum Gasteiger partial charge on any atom is 0.0401 e. The van der Waals surface area contributed by atoms with E-state index in [4.69, 9.17) is 0 Å². The van der Waals surface area contributed by atoms with Crippen LogP contribution in [-0.4, -0.2) is 26.7 Å². The lowest BCUT2D eigenvalue weighted by Crippen LogP contribution is -2.36. The summed E-state index contributed by atoms with van der Waals surface area (Å²) in [6.45, 7) is 9.45. The second-order valence-corrected chi connectivity index (χ2v) is 5.10. The van der Waals surface area contributed by atoms with E-state index in [-0.39, 0.29) is 0 Å². The number of anilines is 1. The van der Waals surface area contributed by atoms with Gasteiger partial charge in [-0.1, -0.05) is 31.7 Å². The van der Waals surface area contributed by atoms with E-state index in [1.807, 2.05) is 7.05 Å². The maximum absolute atomic E-state index is 4.13. The first-order valence-electron chi connectivity index (χ1n) is 6.35. The number of hydrogen-bond donors (Lipinski definition) is 1. The molecule has 0 bridgehead atoms. The number of para-hydroxylation sites is 1. The Hall–Kier alpha value is -1.28. The average molecular weight is 230 g/mol. The van der Waals surface area contributed by atoms with Crippen molar-refractivity contribution in [1.82, 2.24) is 5.32 Å². The van der Waals surface area contributed by atoms with Crippen LogP contribution in [0.2, 0.25) is 0 Å². The van der Waals surface area contributed by atoms with Gasteiger partial charge in [0.15, 0.2) is 0 Å². The minimum Gasteiger partial charge on any atom is -0.367 e. The number of nitrogens with zero attached hydrogens (tertiary/aromatic N) is 1. The van der Waals surface area contributed by atoms with E-state index in [9.17, 15) is 0 Å². The molecule has 1 atom stereocenters. The van der Waals surface area contributed by atoms with Gasteiger partial charge in [0.1, 0.15) is 0 Å². The highest BCUT2D eigenvalue weighted by molar-refractivity contribution is 5.56. The Morgan fingerprint density at radius 2 is 2.24 bits per heavy atom. The third-order valence-corrected chi connectivity index (χ3v) is 3.27. The fourth-order valence-electron chi connectivity index (χ4n) is 2.63. The van der Waals surface area contributed by atoms with Gasteiger partial charge in [-0.2, -0.15) is 0 Å². The van der Waals surface area contributed by atoms with E-state index in [0.29, 0.717) is 0 Å². The van der Waals surface area contributed by atoms with Gasteiger partial charge in [0.2, 0.25) is 0 Å². The number of nitrogens with one attached hydrogen (secondary N) is 1. The summed E-state index contributed by atoms with van der Waals surface area (Å²) in [4.78, 5) is 2.46. The third-order valence-electron chi connectivity index (χ3n) is 3.27. The van der Waals surface area contributed by atoms with Crippen LogP contribution in [0.5, 0.6) is 0 Å². The molecule has 0 fully saturated rings. The summed E-state index contributed by atoms with van der Waals surface area (Å²) in [6, 6.07) is 8.74. The van der Waals surface area contributed by atoms with Crippen LogP contribution >= 0.6 is 0 Å². The zero-order chi connectivity index (χ0) is 12.3. The van der Waals surface area contributed by atoms with Crippen molar-refractivity contribution < 1.29 is 0 Å². The van der Waals surface area contributed by atoms with Gasteiger partial charge in [-0.15, -0.1) is 0 Å². The van der Waals surface area contributed by atoms with Crippen LogP contribution in [0, 0.1) is 5.92 Å². The molecule has 1 aliphatic rings. The van der Waals surface area contributed by atoms with Crippen molar-refractivity contribution in [3.63, 3.8) is 0 Å². The van der Waals surface area contributed by atoms with Crippen LogP contribution in [0.15, 0.2) is 36.4 Å². The number of hydrogen-bond acceptors (Lipinski definition) is 2. The Kier molecular flexibility index (Phi) is 3.85. The van der Waals surface area contributed by atoms with Gasteiger partial charge in [0.05, 0.1) is 0 Å². The first kappa shape index (κ1) is 12.2. The molecule has 2 nitrogen and oxygen atoms in total. The monoisotopic (exact) mass is 230 g/mol. The Morgan fingerprint density at radius 1 is 1.47 bits per heavy atom. The summed E-state index contributed by atoms with van der Waals surface area (Å²) in [5.74, 6) is 0.729. The molecule has 2 rings (SSSR count). The molecular weight excluding hydrogens is 208 g/mol. The predicted molar refractivity (Wildman–Crippen MR) is 74.6 cm³/mol. The van der Waals surface area contributed by atoms with E-state index in [1.54, 1.807) is 0 Å². The highest BCUT2D eigenvalue weighted by Crippen LogP contribution is 2.29. The Balaban J connectivity index is 2.15. The van der Waals surface area contributed by atoms with Gasteiger partial charge in [0.25, 0.3) is 0 Å². The lowest BCUT2D eigenvalue weighted by atomic mass is 9.93. The summed E-state index contributed by atoms with van der Waals surface area (Å²) in [5.41, 5.74) is 4.11. The fourth-order valence-corrected chi connectivity index (χ4v) is 2.63. The summed E-state index contributed by atoms with van der Waals surface area (Å²) in [7, 11) is 1.97. The maximum atomic E-state index is 4.13. The lowest BCUT2D eigenvalue weighted by Gasteiger charge is -2.35. The fraction of sp³-hybridized carbons (Fsp3) is 0.467. The number of rotatable bonds is 4. The van der Waals surface area contributed by atoms with E-state index in [2.05, 4.69) is 48.0 Å². The van der Waals surface area contributed by atoms with E-state index in [0.717, 1.165) is 25.6 Å². The lowest BCUT2D eigenvalue weighted by molar-refractivity contribution is 0.539. The zero-order valence-electron chi connectivity index (χ0n) is 10.9. The smallest absolute Gasteiger partial charge is 0.0401 e. The minimum atomic E-state index is 0.729. The summed E-state index contributed by atoms with van der Waals surface area (Å²) < 4.78 is 0. The van der Waals surface area contributed by atoms with Gasteiger partial charge in [0, 0.05) is 25.3 Å². The summed E-state index contributed by atoms with van der Waals surface area (Å²) >= 11 is 0. The first-order chi connectivity index (χ1) is 8.20. The molecular formula is C15H22N2. The van der Waals surface area contributed by atoms with Gasteiger partial charge in [-0.25, -0.2) is 0 Å². The Labute approximate surface area is 104 Å². The van der Waals surface area contributed by atoms with Crippen molar-refractivity contribution in [3.8, 4) is 0 Å². The topological polar surface area (TPSA) is 15.3 Å². The first-order valence-corrected chi connectivity index (χ1v) is 6.35. The van der Waals surface area contributed by atoms with Crippen molar-refractivity contribution in [2.45, 2.75) is 13.3 Å². The van der Waals surface area contributed by atoms with Crippen molar-refractivity contribution >= 4 is 5.69 Å². The van der Waals surface area contributed by atoms with Gasteiger partial charge in [-0.05, 0) is 36.6 Å². The third kappa shape index (κ3) is 2.89. The zero-order valence-corrected chi connectivity index (χ0v) is 10.9. The highest BCUT2D eigenvalue weighted by atomic mass is 15.1. The normalized spacial score (nSPS) is 18.9. The molecule has 0 amide bonds. The molecule has 1 unspecified atom stereocenters. The molecule has 0 saturated heterocycles. The molecule has 1 aliphatic heterocycles. The van der Waals surface area contributed by atoms with Crippen LogP contribution in [0.3, 0.4) is 0 Å². The van der Waals surface area contributed by atoms with Crippen molar-refractivity contribution in [2.75, 3.05) is 31.6 Å². The minimum absolute atomic E-state index is 0.729. The van der Waals surface area contributed by atoms with E-state index < -0.39 is 0 Å². The van der Waals surface area contributed by atoms with Crippen LogP contribution in [0.4, 0.5) is 5.69 Å². The Bertz CT molecular complexity index is 398. The molecule has 1 aromatic carbocycles. The Morgan fingerprint density at radius 3 is 3.00 bits per heavy atom. The second-order valence-electron chi connectivity index (χ2n) is 5.10. The van der Waals surface area contributed by atoms with Crippen LogP contribution < -0.4 is 10.2 Å². The predicted octanol–water partition coefficient (Wildman–Crippen LogP) is 2.46. The van der Waals surface area contributed by atoms with Gasteiger partial charge < -0.3 is 10.2 Å². The molecule has 1 heterocycles. The molecule has 0 aromatic heterocycles. The second kappa shape index (κ2) is 5.37. The standard InChI is InChI=1S/C15H22N2/c1-12-8-14-6-4-5-7-15(14)17(10-12)11-13(2)9-16-3/h4-7,12,16H,2,8-11H2,1,3H3. The average Bonchev–Trinajstić information content (AvgIpc) is 2.29. The number of likely N-dealkylation sites (N-methyl/N-ethyl adjacent to an activating group) is 1. The van der Waals surface area contributed by atoms with Gasteiger partial charge >= 0.3 is 0 Å². The molecule has 1 aromatic rings. The molecule has 92 valence electrons. The largest absolute Gasteiger partial charge is 0.367 e. The molecule has 0 saturated carbocycles. The van der Waals surface area contributed by atoms with Crippen molar-refractivity contribution in [3.05, 3.63) is 42.0 Å². The van der Waals surface area contributed by atoms with E-state index >= 15 is 0 Å². The van der Waals surface area contributed by atoms with Crippen molar-refractivity contribution in [2.24, 2.45) is 5.92 Å². The van der Waals surface area contributed by atoms with Crippen LogP contribution in [0.25, 0.3) is 0 Å². The number of fused-ring (bicyclic) bond motifs is 1. The molecule has 1 N–H and O–H groups in total. The molecule has 0 radical (unpaired) electrons. The van der Waals surface area contributed by atoms with Crippen LogP contribution in [-0.2, 0) is 6.42 Å². The molecule has 17 heavy (non-hydrogen) atoms. The van der Waals surface area contributed by atoms with Crippen LogP contribution in [0.1, 0.15) is 12.5 Å². The molecule has 0 aliphatic carbocycles. The summed E-state index contributed by atoms with van der Waals surface area (Å²) in [5, 5.41) is 3.17. The summed E-state index contributed by atoms with van der Waals surface area (Å²) in [6.07, 6.45) is 1.20. The molecule has 2 heteroatoms. The quantitative estimate of drug-likeness (QED) is 0.799. The van der Waals surface area contributed by atoms with E-state index in [1.165, 1.54) is 23.2 Å². The highest BCUT2D eigenvalue weighted by Gasteiger charge is 2.21. The SMILES string of the molecule is C=C(CNC)CN1CC(C)Cc2ccccc21. The number of benzene rings is 1. The van der Waals surface area contributed by atoms with Crippen molar-refractivity contribution in [1.29, 1.82) is 0 Å². The van der Waals surface area contributed by atoms with Gasteiger partial charge in [-0.3, -0.25) is 0 Å².